The van der Waals surface area contributed by atoms with Crippen LogP contribution in [0.1, 0.15) is 48.1 Å². The quantitative estimate of drug-likeness (QED) is 0.197. The Kier molecular flexibility index (Phi) is 6.39. The Bertz CT molecular complexity index is 1850. The fourth-order valence-corrected chi connectivity index (χ4v) is 7.43. The molecule has 0 saturated carbocycles. The number of benzene rings is 4. The number of carbonyl (C=O) groups is 3. The van der Waals surface area contributed by atoms with E-state index in [2.05, 4.69) is 0 Å². The third-order valence-corrected chi connectivity index (χ3v) is 9.16. The lowest BCUT2D eigenvalue weighted by Gasteiger charge is -2.37. The minimum atomic E-state index is -1.76. The molecule has 2 heterocycles. The van der Waals surface area contributed by atoms with Gasteiger partial charge in [-0.2, -0.15) is 0 Å². The molecule has 7 nitrogen and oxygen atoms in total. The van der Waals surface area contributed by atoms with Crippen molar-refractivity contribution in [2.45, 2.75) is 18.0 Å². The largest absolute Gasteiger partial charge is 0.493 e. The van der Waals surface area contributed by atoms with E-state index < -0.39 is 29.2 Å². The zero-order valence-electron chi connectivity index (χ0n) is 24.2. The van der Waals surface area contributed by atoms with Gasteiger partial charge in [0.1, 0.15) is 17.3 Å². The molecule has 0 amide bonds. The summed E-state index contributed by atoms with van der Waals surface area (Å²) in [4.78, 5) is 46.4. The van der Waals surface area contributed by atoms with Crippen molar-refractivity contribution in [2.24, 2.45) is 5.41 Å². The van der Waals surface area contributed by atoms with Crippen LogP contribution >= 0.6 is 0 Å². The Morgan fingerprint density at radius 3 is 2.09 bits per heavy atom. The molecule has 0 aromatic heterocycles. The predicted octanol–water partition coefficient (Wildman–Crippen LogP) is 6.17. The van der Waals surface area contributed by atoms with Crippen molar-refractivity contribution >= 4 is 29.1 Å². The number of anilines is 1. The number of nitrogens with zero attached hydrogens (tertiary/aromatic N) is 1. The molecule has 0 radical (unpaired) electrons. The van der Waals surface area contributed by atoms with Gasteiger partial charge in [0.2, 0.25) is 5.75 Å². The number of halogens is 1. The van der Waals surface area contributed by atoms with E-state index in [1.54, 1.807) is 78.9 Å². The Labute approximate surface area is 253 Å². The summed E-state index contributed by atoms with van der Waals surface area (Å²) in [5, 5.41) is 0. The van der Waals surface area contributed by atoms with Crippen LogP contribution in [0, 0.1) is 11.2 Å². The van der Waals surface area contributed by atoms with Crippen LogP contribution in [0.5, 0.6) is 17.2 Å². The maximum atomic E-state index is 14.9. The van der Waals surface area contributed by atoms with Crippen LogP contribution in [-0.2, 0) is 0 Å². The average molecular weight is 590 g/mol. The molecule has 3 atom stereocenters. The maximum Gasteiger partial charge on any atom is 0.203 e. The van der Waals surface area contributed by atoms with Gasteiger partial charge >= 0.3 is 0 Å². The van der Waals surface area contributed by atoms with Gasteiger partial charge < -0.3 is 19.1 Å². The topological polar surface area (TPSA) is 82.1 Å². The lowest BCUT2D eigenvalue weighted by molar-refractivity contribution is 0.0664. The van der Waals surface area contributed by atoms with Crippen molar-refractivity contribution in [1.82, 2.24) is 0 Å². The molecule has 1 saturated heterocycles. The molecule has 7 rings (SSSR count). The summed E-state index contributed by atoms with van der Waals surface area (Å²) in [5.74, 6) is -1.63. The van der Waals surface area contributed by atoms with Gasteiger partial charge in [-0.25, -0.2) is 4.39 Å². The van der Waals surface area contributed by atoms with E-state index in [4.69, 9.17) is 14.2 Å². The van der Waals surface area contributed by atoms with Crippen LogP contribution in [0.15, 0.2) is 91.0 Å². The number of ether oxygens (including phenoxy) is 3. The lowest BCUT2D eigenvalue weighted by atomic mass is 9.64. The molecule has 4 aromatic carbocycles. The zero-order chi connectivity index (χ0) is 30.7. The summed E-state index contributed by atoms with van der Waals surface area (Å²) < 4.78 is 31.7. The smallest absolute Gasteiger partial charge is 0.203 e. The molecule has 1 fully saturated rings. The Morgan fingerprint density at radius 1 is 0.795 bits per heavy atom. The average Bonchev–Trinajstić information content (AvgIpc) is 3.49. The first kappa shape index (κ1) is 27.6. The first-order chi connectivity index (χ1) is 21.4. The van der Waals surface area contributed by atoms with E-state index in [0.29, 0.717) is 39.3 Å². The molecule has 0 bridgehead atoms. The fraction of sp³-hybridized carbons (Fsp3) is 0.194. The van der Waals surface area contributed by atoms with Crippen LogP contribution in [0.25, 0.3) is 6.08 Å². The van der Waals surface area contributed by atoms with E-state index in [0.717, 1.165) is 0 Å². The SMILES string of the molecule is COc1ccc([C@@H]2[C@@H](C(=O)c3ccccc3)N3c4ccc(F)cc4C=C[C@H]3C23C(=O)c2ccccc2C3=O)c(OC)c1OC. The number of hydrogen-bond donors (Lipinski definition) is 0. The molecule has 4 aromatic rings. The van der Waals surface area contributed by atoms with Crippen molar-refractivity contribution < 1.29 is 33.0 Å². The second-order valence-corrected chi connectivity index (χ2v) is 11.1. The van der Waals surface area contributed by atoms with Gasteiger partial charge in [0.25, 0.3) is 0 Å². The molecule has 0 N–H and O–H groups in total. The molecule has 2 aliphatic heterocycles. The summed E-state index contributed by atoms with van der Waals surface area (Å²) in [6.45, 7) is 0. The predicted molar refractivity (Wildman–Crippen MR) is 163 cm³/mol. The lowest BCUT2D eigenvalue weighted by Crippen LogP contribution is -2.48. The van der Waals surface area contributed by atoms with E-state index >= 15 is 0 Å². The number of hydrogen-bond acceptors (Lipinski definition) is 7. The third kappa shape index (κ3) is 3.57. The van der Waals surface area contributed by atoms with Crippen molar-refractivity contribution in [2.75, 3.05) is 26.2 Å². The van der Waals surface area contributed by atoms with Gasteiger partial charge in [0, 0.05) is 39.4 Å². The van der Waals surface area contributed by atoms with E-state index in [1.165, 1.54) is 33.5 Å². The molecule has 1 spiro atoms. The van der Waals surface area contributed by atoms with Gasteiger partial charge in [0.15, 0.2) is 28.8 Å². The number of methoxy groups -OCH3 is 3. The molecular formula is C36H28FNO6. The summed E-state index contributed by atoms with van der Waals surface area (Å²) in [6.07, 6.45) is 3.48. The highest BCUT2D eigenvalue weighted by Crippen LogP contribution is 2.63. The van der Waals surface area contributed by atoms with E-state index in [1.807, 2.05) is 11.0 Å². The fourth-order valence-electron chi connectivity index (χ4n) is 7.43. The molecule has 1 aliphatic carbocycles. The van der Waals surface area contributed by atoms with Crippen molar-refractivity contribution in [3.8, 4) is 17.2 Å². The Balaban J connectivity index is 1.60. The Morgan fingerprint density at radius 2 is 1.45 bits per heavy atom. The Hall–Kier alpha value is -5.24. The molecule has 8 heteroatoms. The van der Waals surface area contributed by atoms with Crippen LogP contribution in [-0.4, -0.2) is 50.8 Å². The number of Topliss-reactive ketones (excluding diaryl/α,β-unsaturated/α-hetero) is 3. The molecule has 3 aliphatic rings. The summed E-state index contributed by atoms with van der Waals surface area (Å²) >= 11 is 0. The van der Waals surface area contributed by atoms with Crippen molar-refractivity contribution in [3.05, 3.63) is 125 Å². The van der Waals surface area contributed by atoms with Crippen LogP contribution < -0.4 is 19.1 Å². The monoisotopic (exact) mass is 589 g/mol. The zero-order valence-corrected chi connectivity index (χ0v) is 24.2. The minimum Gasteiger partial charge on any atom is -0.493 e. The highest BCUT2D eigenvalue weighted by molar-refractivity contribution is 6.32. The van der Waals surface area contributed by atoms with Gasteiger partial charge in [-0.1, -0.05) is 72.8 Å². The minimum absolute atomic E-state index is 0.252. The van der Waals surface area contributed by atoms with Crippen molar-refractivity contribution in [3.63, 3.8) is 0 Å². The molecule has 44 heavy (non-hydrogen) atoms. The second-order valence-electron chi connectivity index (χ2n) is 11.1. The van der Waals surface area contributed by atoms with E-state index in [-0.39, 0.29) is 28.8 Å². The van der Waals surface area contributed by atoms with Gasteiger partial charge in [-0.05, 0) is 24.3 Å². The van der Waals surface area contributed by atoms with Crippen LogP contribution in [0.3, 0.4) is 0 Å². The first-order valence-electron chi connectivity index (χ1n) is 14.2. The van der Waals surface area contributed by atoms with Gasteiger partial charge in [0.05, 0.1) is 27.4 Å². The third-order valence-electron chi connectivity index (χ3n) is 9.16. The molecule has 0 unspecified atom stereocenters. The van der Waals surface area contributed by atoms with Crippen LogP contribution in [0.4, 0.5) is 10.1 Å². The first-order valence-corrected chi connectivity index (χ1v) is 14.2. The molecular weight excluding hydrogens is 561 g/mol. The summed E-state index contributed by atoms with van der Waals surface area (Å²) in [6, 6.07) is 21.3. The standard InChI is InChI=1S/C36H28FNO6/c1-42-27-17-15-25(32(43-2)33(27)44-3)29-30(31(39)20-9-5-4-6-10-20)38-26-16-14-22(37)19-21(26)13-18-28(38)36(29)34(40)23-11-7-8-12-24(23)35(36)41/h4-19,28-30H,1-3H3/t28-,29+,30-/m0/s1. The highest BCUT2D eigenvalue weighted by Gasteiger charge is 2.72. The van der Waals surface area contributed by atoms with Gasteiger partial charge in [-0.15, -0.1) is 0 Å². The van der Waals surface area contributed by atoms with E-state index in [9.17, 15) is 18.8 Å². The maximum absolute atomic E-state index is 14.9. The number of carbonyl (C=O) groups excluding carboxylic acids is 3. The number of rotatable bonds is 6. The highest BCUT2D eigenvalue weighted by atomic mass is 19.1. The van der Waals surface area contributed by atoms with Gasteiger partial charge in [-0.3, -0.25) is 14.4 Å². The summed E-state index contributed by atoms with van der Waals surface area (Å²) in [5.41, 5.74) is 0.783. The summed E-state index contributed by atoms with van der Waals surface area (Å²) in [7, 11) is 4.44. The number of fused-ring (bicyclic) bond motifs is 5. The normalized spacial score (nSPS) is 20.7. The molecule has 220 valence electrons. The number of ketones is 3. The van der Waals surface area contributed by atoms with Crippen LogP contribution in [0.2, 0.25) is 0 Å². The second kappa shape index (κ2) is 10.2. The van der Waals surface area contributed by atoms with Crippen molar-refractivity contribution in [1.29, 1.82) is 0 Å².